The molecular formula is C14H11N. The van der Waals surface area contributed by atoms with Crippen molar-refractivity contribution in [3.05, 3.63) is 54.2 Å². The third-order valence-corrected chi connectivity index (χ3v) is 2.74. The molecule has 0 aliphatic rings. The molecule has 0 radical (unpaired) electrons. The van der Waals surface area contributed by atoms with Crippen molar-refractivity contribution in [1.29, 1.82) is 0 Å². The van der Waals surface area contributed by atoms with Crippen LogP contribution in [0.4, 0.5) is 0 Å². The molecular weight excluding hydrogens is 182 g/mol. The molecule has 0 saturated carbocycles. The monoisotopic (exact) mass is 193 g/mol. The molecule has 72 valence electrons. The van der Waals surface area contributed by atoms with Crippen LogP contribution in [-0.4, -0.2) is 4.98 Å². The molecule has 3 aromatic rings. The predicted molar refractivity (Wildman–Crippen MR) is 64.0 cm³/mol. The molecule has 0 N–H and O–H groups in total. The Bertz CT molecular complexity index is 641. The summed E-state index contributed by atoms with van der Waals surface area (Å²) in [7, 11) is 0. The van der Waals surface area contributed by atoms with E-state index in [0.29, 0.717) is 0 Å². The number of rotatable bonds is 0. The molecule has 0 aliphatic heterocycles. The molecule has 1 aromatic heterocycles. The van der Waals surface area contributed by atoms with Gasteiger partial charge in [-0.1, -0.05) is 42.0 Å². The van der Waals surface area contributed by atoms with Crippen molar-refractivity contribution in [2.45, 2.75) is 6.92 Å². The average molecular weight is 193 g/mol. The molecule has 0 saturated heterocycles. The van der Waals surface area contributed by atoms with Crippen LogP contribution in [0.1, 0.15) is 5.56 Å². The third kappa shape index (κ3) is 1.28. The summed E-state index contributed by atoms with van der Waals surface area (Å²) in [6.45, 7) is 2.11. The molecule has 15 heavy (non-hydrogen) atoms. The SMILES string of the molecule is Cc1ccc2c(ccc3cccnc32)c1. The number of nitrogens with zero attached hydrogens (tertiary/aromatic N) is 1. The maximum Gasteiger partial charge on any atom is 0.0780 e. The maximum atomic E-state index is 4.44. The lowest BCUT2D eigenvalue weighted by atomic mass is 10.0. The summed E-state index contributed by atoms with van der Waals surface area (Å²) in [6, 6.07) is 14.8. The molecule has 3 rings (SSSR count). The Kier molecular flexibility index (Phi) is 1.72. The van der Waals surface area contributed by atoms with Crippen molar-refractivity contribution < 1.29 is 0 Å². The normalized spacial score (nSPS) is 11.0. The highest BCUT2D eigenvalue weighted by Gasteiger charge is 2.00. The second-order valence-corrected chi connectivity index (χ2v) is 3.87. The molecule has 1 nitrogen and oxygen atoms in total. The van der Waals surface area contributed by atoms with Crippen molar-refractivity contribution in [2.24, 2.45) is 0 Å². The van der Waals surface area contributed by atoms with E-state index in [1.165, 1.54) is 21.7 Å². The van der Waals surface area contributed by atoms with E-state index < -0.39 is 0 Å². The number of fused-ring (bicyclic) bond motifs is 3. The lowest BCUT2D eigenvalue weighted by Crippen LogP contribution is -1.81. The fourth-order valence-electron chi connectivity index (χ4n) is 1.99. The van der Waals surface area contributed by atoms with Crippen LogP contribution in [0.15, 0.2) is 48.7 Å². The van der Waals surface area contributed by atoms with E-state index in [2.05, 4.69) is 48.3 Å². The first-order valence-corrected chi connectivity index (χ1v) is 5.09. The summed E-state index contributed by atoms with van der Waals surface area (Å²) in [5, 5.41) is 3.70. The molecule has 0 spiro atoms. The summed E-state index contributed by atoms with van der Waals surface area (Å²) in [4.78, 5) is 4.44. The minimum absolute atomic E-state index is 1.09. The van der Waals surface area contributed by atoms with E-state index >= 15 is 0 Å². The van der Waals surface area contributed by atoms with Crippen LogP contribution in [-0.2, 0) is 0 Å². The lowest BCUT2D eigenvalue weighted by Gasteiger charge is -2.03. The third-order valence-electron chi connectivity index (χ3n) is 2.74. The Hall–Kier alpha value is -1.89. The maximum absolute atomic E-state index is 4.44. The van der Waals surface area contributed by atoms with Gasteiger partial charge in [0.1, 0.15) is 0 Å². The second-order valence-electron chi connectivity index (χ2n) is 3.87. The summed E-state index contributed by atoms with van der Waals surface area (Å²) in [5.74, 6) is 0. The average Bonchev–Trinajstić information content (AvgIpc) is 2.28. The topological polar surface area (TPSA) is 12.9 Å². The fourth-order valence-corrected chi connectivity index (χ4v) is 1.99. The number of pyridine rings is 1. The van der Waals surface area contributed by atoms with Gasteiger partial charge in [0, 0.05) is 17.0 Å². The highest BCUT2D eigenvalue weighted by atomic mass is 14.6. The van der Waals surface area contributed by atoms with Gasteiger partial charge in [0.15, 0.2) is 0 Å². The zero-order valence-electron chi connectivity index (χ0n) is 8.57. The Labute approximate surface area is 88.4 Å². The zero-order chi connectivity index (χ0) is 10.3. The highest BCUT2D eigenvalue weighted by Crippen LogP contribution is 2.23. The van der Waals surface area contributed by atoms with E-state index in [-0.39, 0.29) is 0 Å². The van der Waals surface area contributed by atoms with Crippen LogP contribution in [0.3, 0.4) is 0 Å². The first kappa shape index (κ1) is 8.42. The highest BCUT2D eigenvalue weighted by molar-refractivity contribution is 6.05. The summed E-state index contributed by atoms with van der Waals surface area (Å²) in [6.07, 6.45) is 1.85. The minimum atomic E-state index is 1.09. The molecule has 0 amide bonds. The van der Waals surface area contributed by atoms with Gasteiger partial charge in [-0.2, -0.15) is 0 Å². The van der Waals surface area contributed by atoms with Crippen LogP contribution in [0.5, 0.6) is 0 Å². The van der Waals surface area contributed by atoms with Crippen molar-refractivity contribution >= 4 is 21.7 Å². The quantitative estimate of drug-likeness (QED) is 0.496. The number of aryl methyl sites for hydroxylation is 1. The van der Waals surface area contributed by atoms with Gasteiger partial charge >= 0.3 is 0 Å². The van der Waals surface area contributed by atoms with Crippen molar-refractivity contribution in [2.75, 3.05) is 0 Å². The summed E-state index contributed by atoms with van der Waals surface area (Å²) >= 11 is 0. The fraction of sp³-hybridized carbons (Fsp3) is 0.0714. The van der Waals surface area contributed by atoms with Gasteiger partial charge in [-0.05, 0) is 18.4 Å². The Morgan fingerprint density at radius 2 is 1.80 bits per heavy atom. The van der Waals surface area contributed by atoms with E-state index in [0.717, 1.165) is 5.52 Å². The first-order valence-electron chi connectivity index (χ1n) is 5.09. The molecule has 0 fully saturated rings. The largest absolute Gasteiger partial charge is 0.256 e. The van der Waals surface area contributed by atoms with Gasteiger partial charge in [-0.25, -0.2) is 0 Å². The van der Waals surface area contributed by atoms with E-state index in [9.17, 15) is 0 Å². The van der Waals surface area contributed by atoms with Crippen molar-refractivity contribution in [3.63, 3.8) is 0 Å². The van der Waals surface area contributed by atoms with Gasteiger partial charge in [0.2, 0.25) is 0 Å². The molecule has 1 heterocycles. The van der Waals surface area contributed by atoms with E-state index in [1.807, 2.05) is 12.3 Å². The molecule has 0 aliphatic carbocycles. The van der Waals surface area contributed by atoms with Crippen LogP contribution in [0.25, 0.3) is 21.7 Å². The van der Waals surface area contributed by atoms with Gasteiger partial charge in [0.25, 0.3) is 0 Å². The second kappa shape index (κ2) is 3.06. The van der Waals surface area contributed by atoms with Gasteiger partial charge in [0.05, 0.1) is 5.52 Å². The first-order chi connectivity index (χ1) is 7.34. The van der Waals surface area contributed by atoms with Crippen LogP contribution >= 0.6 is 0 Å². The van der Waals surface area contributed by atoms with Crippen LogP contribution in [0.2, 0.25) is 0 Å². The molecule has 1 heteroatoms. The standard InChI is InChI=1S/C14H11N/c1-10-4-7-13-12(9-10)6-5-11-3-2-8-15-14(11)13/h2-9H,1H3. The molecule has 2 aromatic carbocycles. The Balaban J connectivity index is 2.55. The number of benzene rings is 2. The van der Waals surface area contributed by atoms with Crippen LogP contribution < -0.4 is 0 Å². The smallest absolute Gasteiger partial charge is 0.0780 e. The summed E-state index contributed by atoms with van der Waals surface area (Å²) < 4.78 is 0. The molecule has 0 unspecified atom stereocenters. The van der Waals surface area contributed by atoms with Crippen molar-refractivity contribution in [1.82, 2.24) is 4.98 Å². The lowest BCUT2D eigenvalue weighted by molar-refractivity contribution is 1.42. The Morgan fingerprint density at radius 3 is 2.73 bits per heavy atom. The predicted octanol–water partition coefficient (Wildman–Crippen LogP) is 3.70. The molecule has 0 atom stereocenters. The van der Waals surface area contributed by atoms with Crippen molar-refractivity contribution in [3.8, 4) is 0 Å². The number of hydrogen-bond acceptors (Lipinski definition) is 1. The summed E-state index contributed by atoms with van der Waals surface area (Å²) in [5.41, 5.74) is 2.38. The molecule has 0 bridgehead atoms. The van der Waals surface area contributed by atoms with Gasteiger partial charge < -0.3 is 0 Å². The van der Waals surface area contributed by atoms with Gasteiger partial charge in [-0.3, -0.25) is 4.98 Å². The van der Waals surface area contributed by atoms with E-state index in [1.54, 1.807) is 0 Å². The zero-order valence-corrected chi connectivity index (χ0v) is 8.57. The number of aromatic nitrogens is 1. The minimum Gasteiger partial charge on any atom is -0.256 e. The van der Waals surface area contributed by atoms with Gasteiger partial charge in [-0.15, -0.1) is 0 Å². The Morgan fingerprint density at radius 1 is 0.933 bits per heavy atom. The van der Waals surface area contributed by atoms with Crippen LogP contribution in [0, 0.1) is 6.92 Å². The van der Waals surface area contributed by atoms with E-state index in [4.69, 9.17) is 0 Å². The number of hydrogen-bond donors (Lipinski definition) is 0.